The molecule has 0 amide bonds. The third-order valence-corrected chi connectivity index (χ3v) is 5.43. The van der Waals surface area contributed by atoms with Crippen LogP contribution in [-0.2, 0) is 4.74 Å². The molecule has 3 atom stereocenters. The van der Waals surface area contributed by atoms with Crippen molar-refractivity contribution in [1.82, 2.24) is 5.32 Å². The van der Waals surface area contributed by atoms with Gasteiger partial charge in [0, 0.05) is 5.92 Å². The first-order valence-corrected chi connectivity index (χ1v) is 8.55. The molecule has 1 aromatic carbocycles. The highest BCUT2D eigenvalue weighted by molar-refractivity contribution is 5.36. The van der Waals surface area contributed by atoms with Crippen LogP contribution in [0, 0.1) is 23.1 Å². The molecule has 3 rings (SSSR count). The second kappa shape index (κ2) is 7.14. The Labute approximate surface area is 148 Å². The molecule has 2 saturated heterocycles. The van der Waals surface area contributed by atoms with E-state index >= 15 is 0 Å². The average Bonchev–Trinajstić information content (AvgIpc) is 2.93. The van der Waals surface area contributed by atoms with Crippen LogP contribution in [0.2, 0.25) is 0 Å². The summed E-state index contributed by atoms with van der Waals surface area (Å²) in [4.78, 5) is 0. The number of rotatable bonds is 3. The van der Waals surface area contributed by atoms with Crippen LogP contribution in [0.3, 0.4) is 0 Å². The zero-order chi connectivity index (χ0) is 18.9. The van der Waals surface area contributed by atoms with Gasteiger partial charge in [-0.2, -0.15) is 18.4 Å². The Morgan fingerprint density at radius 3 is 2.58 bits per heavy atom. The first-order valence-electron chi connectivity index (χ1n) is 8.55. The molecule has 1 aromatic rings. The molecule has 4 nitrogen and oxygen atoms in total. The maximum atomic E-state index is 14.5. The number of nitrogens with zero attached hydrogens (tertiary/aromatic N) is 1. The van der Waals surface area contributed by atoms with Crippen LogP contribution < -0.4 is 5.32 Å². The zero-order valence-electron chi connectivity index (χ0n) is 14.0. The molecule has 2 aliphatic rings. The summed E-state index contributed by atoms with van der Waals surface area (Å²) in [5.41, 5.74) is -0.542. The molecular weight excluding hydrogens is 352 g/mol. The Morgan fingerprint density at radius 2 is 2.04 bits per heavy atom. The van der Waals surface area contributed by atoms with Gasteiger partial charge in [-0.1, -0.05) is 6.07 Å². The smallest absolute Gasteiger partial charge is 0.396 e. The van der Waals surface area contributed by atoms with Crippen molar-refractivity contribution in [3.8, 4) is 6.07 Å². The quantitative estimate of drug-likeness (QED) is 0.801. The normalized spacial score (nSPS) is 26.6. The molecule has 26 heavy (non-hydrogen) atoms. The lowest BCUT2D eigenvalue weighted by atomic mass is 9.79. The summed E-state index contributed by atoms with van der Waals surface area (Å²) in [5.74, 6) is -3.64. The number of nitriles is 1. The van der Waals surface area contributed by atoms with Gasteiger partial charge in [0.2, 0.25) is 0 Å². The van der Waals surface area contributed by atoms with Crippen LogP contribution >= 0.6 is 0 Å². The van der Waals surface area contributed by atoms with E-state index in [1.165, 1.54) is 12.1 Å². The summed E-state index contributed by atoms with van der Waals surface area (Å²) in [6.45, 7) is 0.118. The van der Waals surface area contributed by atoms with E-state index in [0.717, 1.165) is 6.07 Å². The maximum absolute atomic E-state index is 14.5. The molecule has 0 aliphatic carbocycles. The molecule has 0 aromatic heterocycles. The van der Waals surface area contributed by atoms with Gasteiger partial charge in [-0.25, -0.2) is 4.39 Å². The van der Waals surface area contributed by atoms with E-state index in [1.54, 1.807) is 0 Å². The van der Waals surface area contributed by atoms with E-state index in [0.29, 0.717) is 25.9 Å². The zero-order valence-corrected chi connectivity index (χ0v) is 14.0. The molecule has 2 N–H and O–H groups in total. The molecule has 0 radical (unpaired) electrons. The molecule has 2 aliphatic heterocycles. The number of hydrogen-bond acceptors (Lipinski definition) is 4. The van der Waals surface area contributed by atoms with Crippen LogP contribution in [0.1, 0.15) is 36.3 Å². The minimum Gasteiger partial charge on any atom is -0.396 e. The molecular formula is C18H20F4N2O2. The Bertz CT molecular complexity index is 695. The Hall–Kier alpha value is -1.69. The lowest BCUT2D eigenvalue weighted by molar-refractivity contribution is -0.224. The van der Waals surface area contributed by atoms with E-state index in [-0.39, 0.29) is 17.5 Å². The highest BCUT2D eigenvalue weighted by Crippen LogP contribution is 2.51. The maximum Gasteiger partial charge on any atom is 0.396 e. The van der Waals surface area contributed by atoms with E-state index < -0.39 is 42.1 Å². The molecule has 2 unspecified atom stereocenters. The summed E-state index contributed by atoms with van der Waals surface area (Å²) < 4.78 is 60.8. The number of aliphatic hydroxyl groups excluding tert-OH is 1. The van der Waals surface area contributed by atoms with Crippen LogP contribution in [-0.4, -0.2) is 42.7 Å². The van der Waals surface area contributed by atoms with Crippen molar-refractivity contribution >= 4 is 0 Å². The van der Waals surface area contributed by atoms with Gasteiger partial charge in [0.15, 0.2) is 0 Å². The summed E-state index contributed by atoms with van der Waals surface area (Å²) >= 11 is 0. The SMILES string of the molecule is N#Cc1ccc(C2CC3(CCNCC3)O[C@H]2C(CO)C(F)(F)F)c(F)c1. The Balaban J connectivity index is 2.00. The number of piperidine rings is 1. The van der Waals surface area contributed by atoms with Gasteiger partial charge in [0.25, 0.3) is 0 Å². The van der Waals surface area contributed by atoms with E-state index in [4.69, 9.17) is 10.00 Å². The first kappa shape index (κ1) is 19.1. The summed E-state index contributed by atoms with van der Waals surface area (Å²) in [5, 5.41) is 21.4. The fourth-order valence-electron chi connectivity index (χ4n) is 4.08. The standard InChI is InChI=1S/C18H20F4N2O2/c19-15-7-11(9-23)1-2-12(15)13-8-17(3-5-24-6-4-17)26-16(13)14(10-25)18(20,21)22/h1-2,7,13-14,16,24-25H,3-6,8,10H2/t13?,14?,16-/m1/s1. The minimum atomic E-state index is -4.65. The van der Waals surface area contributed by atoms with E-state index in [1.807, 2.05) is 6.07 Å². The summed E-state index contributed by atoms with van der Waals surface area (Å²) in [6, 6.07) is 5.60. The molecule has 1 spiro atoms. The molecule has 2 fully saturated rings. The number of halogens is 4. The Morgan fingerprint density at radius 1 is 1.35 bits per heavy atom. The van der Waals surface area contributed by atoms with Gasteiger partial charge in [-0.3, -0.25) is 0 Å². The van der Waals surface area contributed by atoms with Crippen molar-refractivity contribution in [3.05, 3.63) is 35.1 Å². The number of hydrogen-bond donors (Lipinski definition) is 2. The largest absolute Gasteiger partial charge is 0.396 e. The fraction of sp³-hybridized carbons (Fsp3) is 0.611. The summed E-state index contributed by atoms with van der Waals surface area (Å²) in [7, 11) is 0. The predicted octanol–water partition coefficient (Wildman–Crippen LogP) is 2.86. The molecule has 142 valence electrons. The van der Waals surface area contributed by atoms with Crippen LogP contribution in [0.25, 0.3) is 0 Å². The third kappa shape index (κ3) is 3.56. The van der Waals surface area contributed by atoms with Crippen LogP contribution in [0.15, 0.2) is 18.2 Å². The topological polar surface area (TPSA) is 65.3 Å². The number of aliphatic hydroxyl groups is 1. The third-order valence-electron chi connectivity index (χ3n) is 5.43. The molecule has 8 heteroatoms. The fourth-order valence-corrected chi connectivity index (χ4v) is 4.08. The minimum absolute atomic E-state index is 0.104. The number of alkyl halides is 3. The van der Waals surface area contributed by atoms with Crippen molar-refractivity contribution in [1.29, 1.82) is 5.26 Å². The lowest BCUT2D eigenvalue weighted by Gasteiger charge is -2.35. The van der Waals surface area contributed by atoms with Crippen LogP contribution in [0.4, 0.5) is 17.6 Å². The van der Waals surface area contributed by atoms with Crippen molar-refractivity contribution in [2.24, 2.45) is 5.92 Å². The first-order chi connectivity index (χ1) is 12.3. The van der Waals surface area contributed by atoms with Crippen molar-refractivity contribution in [2.45, 2.75) is 43.1 Å². The van der Waals surface area contributed by atoms with Crippen molar-refractivity contribution in [3.63, 3.8) is 0 Å². The van der Waals surface area contributed by atoms with Crippen molar-refractivity contribution in [2.75, 3.05) is 19.7 Å². The average molecular weight is 372 g/mol. The molecule has 0 saturated carbocycles. The number of benzene rings is 1. The van der Waals surface area contributed by atoms with Gasteiger partial charge < -0.3 is 15.2 Å². The van der Waals surface area contributed by atoms with E-state index in [2.05, 4.69) is 5.32 Å². The van der Waals surface area contributed by atoms with Gasteiger partial charge >= 0.3 is 6.18 Å². The second-order valence-corrected chi connectivity index (χ2v) is 7.00. The highest BCUT2D eigenvalue weighted by atomic mass is 19.4. The van der Waals surface area contributed by atoms with Gasteiger partial charge in [-0.05, 0) is 50.0 Å². The molecule has 0 bridgehead atoms. The van der Waals surface area contributed by atoms with E-state index in [9.17, 15) is 22.7 Å². The van der Waals surface area contributed by atoms with Gasteiger partial charge in [0.05, 0.1) is 29.9 Å². The summed E-state index contributed by atoms with van der Waals surface area (Å²) in [6.07, 6.45) is -4.68. The molecule has 2 heterocycles. The highest BCUT2D eigenvalue weighted by Gasteiger charge is 2.56. The second-order valence-electron chi connectivity index (χ2n) is 7.00. The Kier molecular flexibility index (Phi) is 5.24. The van der Waals surface area contributed by atoms with Gasteiger partial charge in [0.1, 0.15) is 11.7 Å². The van der Waals surface area contributed by atoms with Crippen LogP contribution in [0.5, 0.6) is 0 Å². The lowest BCUT2D eigenvalue weighted by Crippen LogP contribution is -2.44. The number of ether oxygens (including phenoxy) is 1. The number of nitrogens with one attached hydrogen (secondary N) is 1. The van der Waals surface area contributed by atoms with Gasteiger partial charge in [-0.15, -0.1) is 0 Å². The monoisotopic (exact) mass is 372 g/mol. The van der Waals surface area contributed by atoms with Crippen molar-refractivity contribution < 1.29 is 27.4 Å². The predicted molar refractivity (Wildman–Crippen MR) is 84.8 cm³/mol.